The third-order valence-electron chi connectivity index (χ3n) is 3.62. The van der Waals surface area contributed by atoms with E-state index in [1.54, 1.807) is 0 Å². The minimum Gasteiger partial charge on any atom is -0.489 e. The number of rotatable bonds is 5. The predicted molar refractivity (Wildman–Crippen MR) is 97.2 cm³/mol. The van der Waals surface area contributed by atoms with Gasteiger partial charge in [-0.25, -0.2) is 0 Å². The molecule has 0 saturated carbocycles. The third-order valence-corrected chi connectivity index (χ3v) is 3.82. The average Bonchev–Trinajstić information content (AvgIpc) is 3.08. The predicted octanol–water partition coefficient (Wildman–Crippen LogP) is 4.05. The first kappa shape index (κ1) is 15.8. The van der Waals surface area contributed by atoms with E-state index in [9.17, 15) is 0 Å². The van der Waals surface area contributed by atoms with E-state index in [4.69, 9.17) is 21.7 Å². The lowest BCUT2D eigenvalue weighted by Gasteiger charge is -2.16. The zero-order chi connectivity index (χ0) is 15.9. The van der Waals surface area contributed by atoms with Gasteiger partial charge in [0.05, 0.1) is 11.8 Å². The maximum absolute atomic E-state index is 5.90. The van der Waals surface area contributed by atoms with Crippen molar-refractivity contribution in [1.29, 1.82) is 0 Å². The standard InChI is InChI=1S/C18H20N2O2S/c23-18(19-14-7-2-1-3-8-14)20-16-10-4-5-11-17(16)22-13-15-9-6-12-21-15/h1-5,7-8,10-11,15H,6,9,12-13H2,(H2,19,20,23). The Labute approximate surface area is 141 Å². The molecule has 1 saturated heterocycles. The zero-order valence-corrected chi connectivity index (χ0v) is 13.6. The first-order chi connectivity index (χ1) is 11.3. The molecule has 0 radical (unpaired) electrons. The van der Waals surface area contributed by atoms with Crippen LogP contribution in [0.15, 0.2) is 54.6 Å². The lowest BCUT2D eigenvalue weighted by Crippen LogP contribution is -2.21. The molecule has 5 heteroatoms. The molecule has 1 fully saturated rings. The number of anilines is 2. The lowest BCUT2D eigenvalue weighted by atomic mass is 10.2. The van der Waals surface area contributed by atoms with Gasteiger partial charge in [-0.05, 0) is 49.3 Å². The Morgan fingerprint density at radius 3 is 2.65 bits per heavy atom. The fraction of sp³-hybridized carbons (Fsp3) is 0.278. The molecular formula is C18H20N2O2S. The van der Waals surface area contributed by atoms with Crippen LogP contribution in [-0.4, -0.2) is 24.4 Å². The van der Waals surface area contributed by atoms with Crippen molar-refractivity contribution in [3.63, 3.8) is 0 Å². The number of hydrogen-bond acceptors (Lipinski definition) is 3. The molecule has 1 heterocycles. The topological polar surface area (TPSA) is 42.5 Å². The van der Waals surface area contributed by atoms with Gasteiger partial charge < -0.3 is 20.1 Å². The summed E-state index contributed by atoms with van der Waals surface area (Å²) in [5, 5.41) is 6.88. The maximum atomic E-state index is 5.90. The molecule has 120 valence electrons. The third kappa shape index (κ3) is 4.68. The van der Waals surface area contributed by atoms with Crippen molar-refractivity contribution in [2.45, 2.75) is 18.9 Å². The second kappa shape index (κ2) is 7.94. The van der Waals surface area contributed by atoms with E-state index < -0.39 is 0 Å². The monoisotopic (exact) mass is 328 g/mol. The highest BCUT2D eigenvalue weighted by Crippen LogP contribution is 2.25. The van der Waals surface area contributed by atoms with Gasteiger partial charge in [-0.3, -0.25) is 0 Å². The van der Waals surface area contributed by atoms with E-state index in [1.807, 2.05) is 54.6 Å². The van der Waals surface area contributed by atoms with E-state index >= 15 is 0 Å². The van der Waals surface area contributed by atoms with Crippen LogP contribution in [0.1, 0.15) is 12.8 Å². The molecule has 2 aromatic rings. The molecule has 0 spiro atoms. The molecule has 0 amide bonds. The summed E-state index contributed by atoms with van der Waals surface area (Å²) < 4.78 is 11.5. The van der Waals surface area contributed by atoms with Gasteiger partial charge in [0.25, 0.3) is 0 Å². The van der Waals surface area contributed by atoms with Crippen LogP contribution in [0.25, 0.3) is 0 Å². The van der Waals surface area contributed by atoms with E-state index in [1.165, 1.54) is 0 Å². The van der Waals surface area contributed by atoms with Crippen LogP contribution in [0.3, 0.4) is 0 Å². The molecule has 1 atom stereocenters. The first-order valence-corrected chi connectivity index (χ1v) is 8.18. The van der Waals surface area contributed by atoms with Gasteiger partial charge in [-0.1, -0.05) is 30.3 Å². The molecule has 2 N–H and O–H groups in total. The van der Waals surface area contributed by atoms with Gasteiger partial charge in [0.1, 0.15) is 12.4 Å². The average molecular weight is 328 g/mol. The van der Waals surface area contributed by atoms with Crippen molar-refractivity contribution in [1.82, 2.24) is 0 Å². The fourth-order valence-electron chi connectivity index (χ4n) is 2.46. The minimum absolute atomic E-state index is 0.192. The Balaban J connectivity index is 1.59. The number of benzene rings is 2. The van der Waals surface area contributed by atoms with Crippen LogP contribution in [0.2, 0.25) is 0 Å². The van der Waals surface area contributed by atoms with Crippen LogP contribution in [0.4, 0.5) is 11.4 Å². The highest BCUT2D eigenvalue weighted by atomic mass is 32.1. The van der Waals surface area contributed by atoms with E-state index in [-0.39, 0.29) is 6.10 Å². The molecule has 0 bridgehead atoms. The van der Waals surface area contributed by atoms with Crippen LogP contribution < -0.4 is 15.4 Å². The molecule has 3 rings (SSSR count). The molecule has 4 nitrogen and oxygen atoms in total. The maximum Gasteiger partial charge on any atom is 0.175 e. The highest BCUT2D eigenvalue weighted by molar-refractivity contribution is 7.80. The van der Waals surface area contributed by atoms with Crippen LogP contribution in [0.5, 0.6) is 5.75 Å². The Kier molecular flexibility index (Phi) is 5.45. The summed E-state index contributed by atoms with van der Waals surface area (Å²) in [5.41, 5.74) is 1.79. The summed E-state index contributed by atoms with van der Waals surface area (Å²) in [6.45, 7) is 1.40. The molecule has 1 aliphatic heterocycles. The summed E-state index contributed by atoms with van der Waals surface area (Å²) >= 11 is 5.37. The summed E-state index contributed by atoms with van der Waals surface area (Å²) in [7, 11) is 0. The smallest absolute Gasteiger partial charge is 0.175 e. The number of para-hydroxylation sites is 3. The van der Waals surface area contributed by atoms with Crippen LogP contribution in [0, 0.1) is 0 Å². The molecule has 0 aromatic heterocycles. The second-order valence-corrected chi connectivity index (χ2v) is 5.80. The number of ether oxygens (including phenoxy) is 2. The van der Waals surface area contributed by atoms with Gasteiger partial charge in [0, 0.05) is 12.3 Å². The fourth-order valence-corrected chi connectivity index (χ4v) is 2.69. The van der Waals surface area contributed by atoms with Crippen LogP contribution in [-0.2, 0) is 4.74 Å². The molecule has 23 heavy (non-hydrogen) atoms. The Bertz CT molecular complexity index is 642. The summed E-state index contributed by atoms with van der Waals surface area (Å²) in [4.78, 5) is 0. The van der Waals surface area contributed by atoms with Crippen molar-refractivity contribution in [3.8, 4) is 5.75 Å². The van der Waals surface area contributed by atoms with Crippen molar-refractivity contribution in [3.05, 3.63) is 54.6 Å². The van der Waals surface area contributed by atoms with Gasteiger partial charge >= 0.3 is 0 Å². The van der Waals surface area contributed by atoms with Gasteiger partial charge in [0.2, 0.25) is 0 Å². The quantitative estimate of drug-likeness (QED) is 0.811. The molecule has 1 aliphatic rings. The second-order valence-electron chi connectivity index (χ2n) is 5.39. The number of nitrogens with one attached hydrogen (secondary N) is 2. The van der Waals surface area contributed by atoms with Crippen molar-refractivity contribution in [2.24, 2.45) is 0 Å². The lowest BCUT2D eigenvalue weighted by molar-refractivity contribution is 0.0682. The number of hydrogen-bond donors (Lipinski definition) is 2. The van der Waals surface area contributed by atoms with E-state index in [0.29, 0.717) is 11.7 Å². The summed E-state index contributed by atoms with van der Waals surface area (Å²) in [6.07, 6.45) is 2.36. The molecule has 0 aliphatic carbocycles. The molecule has 1 unspecified atom stereocenters. The Morgan fingerprint density at radius 2 is 1.87 bits per heavy atom. The molecular weight excluding hydrogens is 308 g/mol. The summed E-state index contributed by atoms with van der Waals surface area (Å²) in [6, 6.07) is 17.6. The van der Waals surface area contributed by atoms with Gasteiger partial charge in [-0.2, -0.15) is 0 Å². The largest absolute Gasteiger partial charge is 0.489 e. The van der Waals surface area contributed by atoms with Gasteiger partial charge in [-0.15, -0.1) is 0 Å². The minimum atomic E-state index is 0.192. The van der Waals surface area contributed by atoms with E-state index in [0.717, 1.165) is 36.6 Å². The van der Waals surface area contributed by atoms with Crippen molar-refractivity contribution in [2.75, 3.05) is 23.8 Å². The Morgan fingerprint density at radius 1 is 1.09 bits per heavy atom. The van der Waals surface area contributed by atoms with E-state index in [2.05, 4.69) is 10.6 Å². The number of thiocarbonyl (C=S) groups is 1. The zero-order valence-electron chi connectivity index (χ0n) is 12.8. The highest BCUT2D eigenvalue weighted by Gasteiger charge is 2.16. The molecule has 2 aromatic carbocycles. The Hall–Kier alpha value is -2.11. The SMILES string of the molecule is S=C(Nc1ccccc1)Nc1ccccc1OCC1CCCO1. The normalized spacial score (nSPS) is 16.8. The van der Waals surface area contributed by atoms with Crippen molar-refractivity contribution < 1.29 is 9.47 Å². The first-order valence-electron chi connectivity index (χ1n) is 7.78. The summed E-state index contributed by atoms with van der Waals surface area (Å²) in [5.74, 6) is 0.778. The van der Waals surface area contributed by atoms with Crippen molar-refractivity contribution >= 4 is 28.7 Å². The van der Waals surface area contributed by atoms with Crippen LogP contribution >= 0.6 is 12.2 Å². The van der Waals surface area contributed by atoms with Gasteiger partial charge in [0.15, 0.2) is 5.11 Å².